The Morgan fingerprint density at radius 3 is 2.52 bits per heavy atom. The number of hydrogen-bond acceptors (Lipinski definition) is 4. The van der Waals surface area contributed by atoms with Gasteiger partial charge in [-0.15, -0.1) is 0 Å². The molecular formula is C22H16F2N2O3. The molecule has 2 aliphatic rings. The average molecular weight is 394 g/mol. The van der Waals surface area contributed by atoms with Crippen molar-refractivity contribution in [3.05, 3.63) is 83.4 Å². The van der Waals surface area contributed by atoms with Gasteiger partial charge in [-0.05, 0) is 42.0 Å². The molecule has 2 aliphatic heterocycles. The molecule has 0 saturated heterocycles. The molecule has 5 rings (SSSR count). The second-order valence-corrected chi connectivity index (χ2v) is 6.77. The lowest BCUT2D eigenvalue weighted by molar-refractivity contribution is 0.0974. The predicted molar refractivity (Wildman–Crippen MR) is 103 cm³/mol. The van der Waals surface area contributed by atoms with Gasteiger partial charge in [-0.3, -0.25) is 9.69 Å². The van der Waals surface area contributed by atoms with Crippen molar-refractivity contribution in [1.82, 2.24) is 0 Å². The van der Waals surface area contributed by atoms with E-state index in [1.165, 1.54) is 11.0 Å². The normalized spacial score (nSPS) is 17.5. The Morgan fingerprint density at radius 1 is 0.897 bits per heavy atom. The van der Waals surface area contributed by atoms with Crippen LogP contribution in [0.25, 0.3) is 0 Å². The summed E-state index contributed by atoms with van der Waals surface area (Å²) in [6.07, 6.45) is -0.727. The molecule has 146 valence electrons. The highest BCUT2D eigenvalue weighted by molar-refractivity contribution is 6.12. The van der Waals surface area contributed by atoms with Crippen LogP contribution in [0.15, 0.2) is 60.7 Å². The third kappa shape index (κ3) is 2.95. The predicted octanol–water partition coefficient (Wildman–Crippen LogP) is 4.51. The number of benzene rings is 3. The summed E-state index contributed by atoms with van der Waals surface area (Å²) in [5.74, 6) is -1.04. The lowest BCUT2D eigenvalue weighted by atomic mass is 10.0. The number of nitrogens with one attached hydrogen (secondary N) is 1. The first-order chi connectivity index (χ1) is 14.1. The molecule has 0 aromatic heterocycles. The Morgan fingerprint density at radius 2 is 1.69 bits per heavy atom. The molecule has 0 saturated carbocycles. The van der Waals surface area contributed by atoms with Crippen LogP contribution in [0, 0.1) is 11.6 Å². The number of carbonyl (C=O) groups is 1. The second-order valence-electron chi connectivity index (χ2n) is 6.77. The van der Waals surface area contributed by atoms with Crippen molar-refractivity contribution >= 4 is 17.3 Å². The van der Waals surface area contributed by atoms with Gasteiger partial charge in [0.25, 0.3) is 5.91 Å². The quantitative estimate of drug-likeness (QED) is 0.695. The number of ether oxygens (including phenoxy) is 2. The lowest BCUT2D eigenvalue weighted by Crippen LogP contribution is -2.43. The lowest BCUT2D eigenvalue weighted by Gasteiger charge is -2.38. The summed E-state index contributed by atoms with van der Waals surface area (Å²) < 4.78 is 38.6. The van der Waals surface area contributed by atoms with Gasteiger partial charge in [-0.1, -0.05) is 18.2 Å². The van der Waals surface area contributed by atoms with Crippen LogP contribution >= 0.6 is 0 Å². The number of rotatable bonds is 2. The Balaban J connectivity index is 1.64. The first-order valence-corrected chi connectivity index (χ1v) is 9.15. The van der Waals surface area contributed by atoms with Crippen LogP contribution in [-0.2, 0) is 0 Å². The van der Waals surface area contributed by atoms with E-state index in [9.17, 15) is 13.6 Å². The summed E-state index contributed by atoms with van der Waals surface area (Å²) in [6.45, 7) is 0.874. The van der Waals surface area contributed by atoms with Crippen LogP contribution in [0.2, 0.25) is 0 Å². The van der Waals surface area contributed by atoms with Crippen molar-refractivity contribution < 1.29 is 23.0 Å². The van der Waals surface area contributed by atoms with Crippen molar-refractivity contribution in [2.24, 2.45) is 0 Å². The Hall–Kier alpha value is -3.61. The van der Waals surface area contributed by atoms with Gasteiger partial charge in [-0.25, -0.2) is 8.78 Å². The van der Waals surface area contributed by atoms with Gasteiger partial charge < -0.3 is 14.8 Å². The number of amides is 1. The topological polar surface area (TPSA) is 50.8 Å². The highest BCUT2D eigenvalue weighted by atomic mass is 19.2. The molecule has 0 radical (unpaired) electrons. The van der Waals surface area contributed by atoms with Crippen molar-refractivity contribution in [3.8, 4) is 11.5 Å². The van der Waals surface area contributed by atoms with E-state index in [1.807, 2.05) is 0 Å². The molecule has 29 heavy (non-hydrogen) atoms. The van der Waals surface area contributed by atoms with Gasteiger partial charge in [0.2, 0.25) is 0 Å². The number of para-hydroxylation sites is 1. The molecule has 3 aromatic carbocycles. The zero-order valence-corrected chi connectivity index (χ0v) is 15.2. The first kappa shape index (κ1) is 17.5. The van der Waals surface area contributed by atoms with Gasteiger partial charge in [0, 0.05) is 11.8 Å². The van der Waals surface area contributed by atoms with Crippen molar-refractivity contribution in [2.45, 2.75) is 6.17 Å². The zero-order chi connectivity index (χ0) is 20.0. The number of halogens is 2. The Kier molecular flexibility index (Phi) is 4.08. The monoisotopic (exact) mass is 394 g/mol. The molecule has 0 fully saturated rings. The fourth-order valence-corrected chi connectivity index (χ4v) is 3.62. The summed E-state index contributed by atoms with van der Waals surface area (Å²) in [5.41, 5.74) is 2.08. The molecule has 0 unspecified atom stereocenters. The molecular weight excluding hydrogens is 378 g/mol. The Labute approximate surface area is 165 Å². The van der Waals surface area contributed by atoms with E-state index < -0.39 is 17.8 Å². The molecule has 3 aromatic rings. The van der Waals surface area contributed by atoms with E-state index in [0.29, 0.717) is 47.2 Å². The van der Waals surface area contributed by atoms with E-state index in [-0.39, 0.29) is 5.91 Å². The maximum absolute atomic E-state index is 13.9. The molecule has 2 heterocycles. The van der Waals surface area contributed by atoms with E-state index in [2.05, 4.69) is 5.32 Å². The number of nitrogens with zero attached hydrogens (tertiary/aromatic N) is 1. The summed E-state index contributed by atoms with van der Waals surface area (Å²) in [7, 11) is 0. The molecule has 0 spiro atoms. The van der Waals surface area contributed by atoms with Crippen LogP contribution < -0.4 is 19.7 Å². The van der Waals surface area contributed by atoms with Gasteiger partial charge >= 0.3 is 0 Å². The molecule has 7 heteroatoms. The minimum Gasteiger partial charge on any atom is -0.486 e. The van der Waals surface area contributed by atoms with E-state index in [4.69, 9.17) is 9.47 Å². The van der Waals surface area contributed by atoms with Crippen molar-refractivity contribution in [3.63, 3.8) is 0 Å². The summed E-state index contributed by atoms with van der Waals surface area (Å²) >= 11 is 0. The van der Waals surface area contributed by atoms with Crippen LogP contribution in [-0.4, -0.2) is 19.1 Å². The number of anilines is 2. The van der Waals surface area contributed by atoms with Gasteiger partial charge in [0.15, 0.2) is 23.1 Å². The second kappa shape index (κ2) is 6.77. The highest BCUT2D eigenvalue weighted by Crippen LogP contribution is 2.40. The fourth-order valence-electron chi connectivity index (χ4n) is 3.62. The number of fused-ring (bicyclic) bond motifs is 2. The standard InChI is InChI=1S/C22H16F2N2O3/c23-16-7-5-13(11-17(16)24)21-25-18-4-2-1-3-15(18)22(27)26(21)14-6-8-19-20(12-14)29-10-9-28-19/h1-8,11-12,21,25H,9-10H2/t21-/m0/s1. The highest BCUT2D eigenvalue weighted by Gasteiger charge is 2.35. The van der Waals surface area contributed by atoms with Crippen LogP contribution in [0.3, 0.4) is 0 Å². The molecule has 1 atom stereocenters. The van der Waals surface area contributed by atoms with Gasteiger partial charge in [-0.2, -0.15) is 0 Å². The van der Waals surface area contributed by atoms with Crippen LogP contribution in [0.1, 0.15) is 22.1 Å². The smallest absolute Gasteiger partial charge is 0.262 e. The molecule has 5 nitrogen and oxygen atoms in total. The average Bonchev–Trinajstić information content (AvgIpc) is 2.75. The molecule has 0 aliphatic carbocycles. The maximum atomic E-state index is 13.9. The summed E-state index contributed by atoms with van der Waals surface area (Å²) in [6, 6.07) is 15.9. The minimum atomic E-state index is -0.974. The van der Waals surface area contributed by atoms with Crippen molar-refractivity contribution in [1.29, 1.82) is 0 Å². The van der Waals surface area contributed by atoms with E-state index >= 15 is 0 Å². The molecule has 0 bridgehead atoms. The third-order valence-electron chi connectivity index (χ3n) is 4.99. The Bertz CT molecular complexity index is 1120. The number of hydrogen-bond donors (Lipinski definition) is 1. The summed E-state index contributed by atoms with van der Waals surface area (Å²) in [5, 5.41) is 3.26. The van der Waals surface area contributed by atoms with Crippen LogP contribution in [0.5, 0.6) is 11.5 Å². The fraction of sp³-hybridized carbons (Fsp3) is 0.136. The zero-order valence-electron chi connectivity index (χ0n) is 15.2. The molecule has 1 N–H and O–H groups in total. The SMILES string of the molecule is O=C1c2ccccc2N[C@H](c2ccc(F)c(F)c2)N1c1ccc2c(c1)OCCO2. The van der Waals surface area contributed by atoms with Gasteiger partial charge in [0.05, 0.1) is 11.3 Å². The minimum absolute atomic E-state index is 0.259. The van der Waals surface area contributed by atoms with Crippen LogP contribution in [0.4, 0.5) is 20.2 Å². The largest absolute Gasteiger partial charge is 0.486 e. The van der Waals surface area contributed by atoms with E-state index in [0.717, 1.165) is 12.1 Å². The first-order valence-electron chi connectivity index (χ1n) is 9.15. The third-order valence-corrected chi connectivity index (χ3v) is 4.99. The number of carbonyl (C=O) groups excluding carboxylic acids is 1. The maximum Gasteiger partial charge on any atom is 0.262 e. The van der Waals surface area contributed by atoms with Crippen molar-refractivity contribution in [2.75, 3.05) is 23.4 Å². The van der Waals surface area contributed by atoms with E-state index in [1.54, 1.807) is 42.5 Å². The van der Waals surface area contributed by atoms with Gasteiger partial charge in [0.1, 0.15) is 19.4 Å². The summed E-state index contributed by atoms with van der Waals surface area (Å²) in [4.78, 5) is 14.9. The molecule has 1 amide bonds.